The molecule has 1 fully saturated rings. The Morgan fingerprint density at radius 1 is 1.39 bits per heavy atom. The summed E-state index contributed by atoms with van der Waals surface area (Å²) in [4.78, 5) is 23.9. The van der Waals surface area contributed by atoms with Crippen LogP contribution in [0, 0.1) is 5.92 Å². The van der Waals surface area contributed by atoms with E-state index >= 15 is 0 Å². The molecule has 0 aliphatic heterocycles. The topological polar surface area (TPSA) is 43.4 Å². The summed E-state index contributed by atoms with van der Waals surface area (Å²) in [6.07, 6.45) is 3.04. The monoisotopic (exact) mass is 290 g/mol. The zero-order valence-corrected chi connectivity index (χ0v) is 13.0. The predicted octanol–water partition coefficient (Wildman–Crippen LogP) is 3.12. The number of rotatable bonds is 6. The number of thioether (sulfide) groups is 2. The molecular weight excluding hydrogens is 268 g/mol. The third kappa shape index (κ3) is 3.44. The van der Waals surface area contributed by atoms with Crippen molar-refractivity contribution in [2.75, 3.05) is 18.6 Å². The Bertz CT molecular complexity index is 299. The minimum atomic E-state index is -0.589. The third-order valence-electron chi connectivity index (χ3n) is 3.21. The van der Waals surface area contributed by atoms with Crippen molar-refractivity contribution in [3.05, 3.63) is 0 Å². The van der Waals surface area contributed by atoms with Gasteiger partial charge in [-0.3, -0.25) is 4.79 Å². The lowest BCUT2D eigenvalue weighted by molar-refractivity contribution is -0.142. The molecule has 0 aromatic rings. The summed E-state index contributed by atoms with van der Waals surface area (Å²) in [6.45, 7) is 4.09. The molecule has 18 heavy (non-hydrogen) atoms. The van der Waals surface area contributed by atoms with Crippen LogP contribution in [0.1, 0.15) is 39.5 Å². The molecule has 104 valence electrons. The number of carbonyl (C=O) groups excluding carboxylic acids is 2. The van der Waals surface area contributed by atoms with Crippen molar-refractivity contribution in [2.45, 2.75) is 43.6 Å². The zero-order valence-electron chi connectivity index (χ0n) is 11.4. The van der Waals surface area contributed by atoms with Gasteiger partial charge < -0.3 is 4.74 Å². The highest BCUT2D eigenvalue weighted by Crippen LogP contribution is 2.49. The van der Waals surface area contributed by atoms with E-state index < -0.39 is 4.08 Å². The molecule has 5 heteroatoms. The van der Waals surface area contributed by atoms with E-state index in [4.69, 9.17) is 4.74 Å². The van der Waals surface area contributed by atoms with Crippen LogP contribution in [0.2, 0.25) is 0 Å². The quantitative estimate of drug-likeness (QED) is 0.555. The van der Waals surface area contributed by atoms with Crippen LogP contribution >= 0.6 is 23.5 Å². The maximum atomic E-state index is 12.2. The molecule has 0 heterocycles. The second-order valence-electron chi connectivity index (χ2n) is 4.36. The van der Waals surface area contributed by atoms with Gasteiger partial charge in [-0.25, -0.2) is 4.79 Å². The number of methoxy groups -OCH3 is 1. The number of ketones is 1. The molecule has 1 aliphatic rings. The SMILES string of the molecule is CCSC(SCC)(C(=O)OC)C1CCCC(=O)C1. The highest BCUT2D eigenvalue weighted by atomic mass is 32.2. The minimum absolute atomic E-state index is 0.112. The second-order valence-corrected chi connectivity index (χ2v) is 7.64. The molecule has 0 N–H and O–H groups in total. The first kappa shape index (κ1) is 15.9. The molecule has 0 amide bonds. The number of hydrogen-bond acceptors (Lipinski definition) is 5. The van der Waals surface area contributed by atoms with E-state index in [0.717, 1.165) is 24.3 Å². The number of Topliss-reactive ketones (excluding diaryl/α,β-unsaturated/α-hetero) is 1. The van der Waals surface area contributed by atoms with Crippen LogP contribution < -0.4 is 0 Å². The van der Waals surface area contributed by atoms with Crippen molar-refractivity contribution < 1.29 is 14.3 Å². The Balaban J connectivity index is 2.98. The second kappa shape index (κ2) is 7.43. The number of ether oxygens (including phenoxy) is 1. The lowest BCUT2D eigenvalue weighted by Crippen LogP contribution is -2.43. The summed E-state index contributed by atoms with van der Waals surface area (Å²) in [7, 11) is 1.44. The van der Waals surface area contributed by atoms with E-state index in [9.17, 15) is 9.59 Å². The van der Waals surface area contributed by atoms with Crippen molar-refractivity contribution in [2.24, 2.45) is 5.92 Å². The maximum absolute atomic E-state index is 12.2. The van der Waals surface area contributed by atoms with Crippen molar-refractivity contribution in [3.63, 3.8) is 0 Å². The molecule has 1 rings (SSSR count). The molecule has 0 aromatic carbocycles. The minimum Gasteiger partial charge on any atom is -0.467 e. The first-order chi connectivity index (χ1) is 8.60. The Hall–Kier alpha value is -0.160. The van der Waals surface area contributed by atoms with Gasteiger partial charge in [0.25, 0.3) is 0 Å². The van der Waals surface area contributed by atoms with Crippen LogP contribution in [0.5, 0.6) is 0 Å². The van der Waals surface area contributed by atoms with Gasteiger partial charge >= 0.3 is 5.97 Å². The lowest BCUT2D eigenvalue weighted by Gasteiger charge is -2.38. The van der Waals surface area contributed by atoms with Crippen LogP contribution in [0.25, 0.3) is 0 Å². The van der Waals surface area contributed by atoms with Gasteiger partial charge in [-0.2, -0.15) is 0 Å². The first-order valence-corrected chi connectivity index (χ1v) is 8.45. The molecule has 0 radical (unpaired) electrons. The molecule has 0 aromatic heterocycles. The normalized spacial score (nSPS) is 20.8. The standard InChI is InChI=1S/C13H22O3S2/c1-4-17-13(18-5-2,12(15)16-3)10-7-6-8-11(14)9-10/h10H,4-9H2,1-3H3. The fourth-order valence-electron chi connectivity index (χ4n) is 2.48. The lowest BCUT2D eigenvalue weighted by atomic mass is 9.85. The summed E-state index contributed by atoms with van der Waals surface area (Å²) in [5.41, 5.74) is 0. The smallest absolute Gasteiger partial charge is 0.332 e. The summed E-state index contributed by atoms with van der Waals surface area (Å²) < 4.78 is 4.43. The average Bonchev–Trinajstić information content (AvgIpc) is 2.37. The molecule has 0 saturated heterocycles. The molecule has 1 atom stereocenters. The number of carbonyl (C=O) groups is 2. The van der Waals surface area contributed by atoms with Gasteiger partial charge in [0.1, 0.15) is 5.78 Å². The van der Waals surface area contributed by atoms with Crippen LogP contribution in [-0.4, -0.2) is 34.4 Å². The fourth-order valence-corrected chi connectivity index (χ4v) is 5.66. The summed E-state index contributed by atoms with van der Waals surface area (Å²) in [6, 6.07) is 0. The summed E-state index contributed by atoms with van der Waals surface area (Å²) in [5.74, 6) is 1.93. The number of hydrogen-bond donors (Lipinski definition) is 0. The average molecular weight is 290 g/mol. The van der Waals surface area contributed by atoms with Crippen LogP contribution in [0.15, 0.2) is 0 Å². The fraction of sp³-hybridized carbons (Fsp3) is 0.846. The Labute approximate surface area is 118 Å². The van der Waals surface area contributed by atoms with Crippen molar-refractivity contribution in [3.8, 4) is 0 Å². The highest BCUT2D eigenvalue weighted by Gasteiger charge is 2.48. The van der Waals surface area contributed by atoms with Crippen LogP contribution in [-0.2, 0) is 14.3 Å². The van der Waals surface area contributed by atoms with Crippen molar-refractivity contribution in [1.82, 2.24) is 0 Å². The molecule has 1 saturated carbocycles. The molecule has 0 bridgehead atoms. The van der Waals surface area contributed by atoms with Gasteiger partial charge in [-0.15, -0.1) is 23.5 Å². The molecule has 1 unspecified atom stereocenters. The van der Waals surface area contributed by atoms with Gasteiger partial charge in [0.05, 0.1) is 7.11 Å². The number of esters is 1. The van der Waals surface area contributed by atoms with Gasteiger partial charge in [-0.05, 0) is 24.3 Å². The van der Waals surface area contributed by atoms with E-state index in [1.54, 1.807) is 23.5 Å². The van der Waals surface area contributed by atoms with Crippen LogP contribution in [0.4, 0.5) is 0 Å². The Kier molecular flexibility index (Phi) is 6.57. The molecular formula is C13H22O3S2. The summed E-state index contributed by atoms with van der Waals surface area (Å²) in [5, 5.41) is 0. The van der Waals surface area contributed by atoms with E-state index in [-0.39, 0.29) is 17.7 Å². The highest BCUT2D eigenvalue weighted by molar-refractivity contribution is 8.19. The first-order valence-electron chi connectivity index (χ1n) is 6.48. The third-order valence-corrected chi connectivity index (χ3v) is 6.35. The van der Waals surface area contributed by atoms with Gasteiger partial charge in [-0.1, -0.05) is 13.8 Å². The van der Waals surface area contributed by atoms with E-state index in [2.05, 4.69) is 0 Å². The Morgan fingerprint density at radius 3 is 2.44 bits per heavy atom. The van der Waals surface area contributed by atoms with Gasteiger partial charge in [0.15, 0.2) is 4.08 Å². The molecule has 3 nitrogen and oxygen atoms in total. The van der Waals surface area contributed by atoms with E-state index in [1.165, 1.54) is 7.11 Å². The molecule has 1 aliphatic carbocycles. The van der Waals surface area contributed by atoms with Gasteiger partial charge in [0.2, 0.25) is 0 Å². The van der Waals surface area contributed by atoms with Crippen molar-refractivity contribution >= 4 is 35.3 Å². The molecule has 0 spiro atoms. The largest absolute Gasteiger partial charge is 0.467 e. The zero-order chi connectivity index (χ0) is 13.6. The van der Waals surface area contributed by atoms with Crippen molar-refractivity contribution in [1.29, 1.82) is 0 Å². The summed E-state index contributed by atoms with van der Waals surface area (Å²) >= 11 is 3.25. The predicted molar refractivity (Wildman–Crippen MR) is 78.0 cm³/mol. The van der Waals surface area contributed by atoms with Gasteiger partial charge in [0, 0.05) is 18.8 Å². The maximum Gasteiger partial charge on any atom is 0.332 e. The van der Waals surface area contributed by atoms with Crippen LogP contribution in [0.3, 0.4) is 0 Å². The van der Waals surface area contributed by atoms with E-state index in [1.807, 2.05) is 13.8 Å². The van der Waals surface area contributed by atoms with E-state index in [0.29, 0.717) is 12.8 Å². The Morgan fingerprint density at radius 2 is 2.00 bits per heavy atom.